The molecule has 3 aromatic carbocycles. The van der Waals surface area contributed by atoms with E-state index in [-0.39, 0.29) is 16.3 Å². The van der Waals surface area contributed by atoms with Crippen LogP contribution >= 0.6 is 0 Å². The van der Waals surface area contributed by atoms with Gasteiger partial charge in [-0.3, -0.25) is 9.52 Å². The molecule has 0 saturated carbocycles. The summed E-state index contributed by atoms with van der Waals surface area (Å²) in [7, 11) is -4.38. The van der Waals surface area contributed by atoms with Gasteiger partial charge in [0.1, 0.15) is 11.5 Å². The van der Waals surface area contributed by atoms with Gasteiger partial charge in [-0.15, -0.1) is 0 Å². The Bertz CT molecular complexity index is 1500. The molecule has 1 amide bonds. The molecular weight excluding hydrogens is 530 g/mol. The highest BCUT2D eigenvalue weighted by Gasteiger charge is 2.25. The summed E-state index contributed by atoms with van der Waals surface area (Å²) >= 11 is 0. The second kappa shape index (κ2) is 11.4. The first kappa shape index (κ1) is 27.4. The lowest BCUT2D eigenvalue weighted by atomic mass is 10.1. The molecule has 4 rings (SSSR count). The van der Waals surface area contributed by atoms with Gasteiger partial charge in [0.15, 0.2) is 0 Å². The molecule has 0 atom stereocenters. The summed E-state index contributed by atoms with van der Waals surface area (Å²) in [6.45, 7) is 1.10. The highest BCUT2D eigenvalue weighted by atomic mass is 32.2. The summed E-state index contributed by atoms with van der Waals surface area (Å²) in [5.41, 5.74) is 1.60. The molecule has 1 saturated heterocycles. The average Bonchev–Trinajstić information content (AvgIpc) is 3.46. The minimum atomic E-state index is -3.93. The Morgan fingerprint density at radius 3 is 2.13 bits per heavy atom. The first-order valence-corrected chi connectivity index (χ1v) is 14.9. The summed E-state index contributed by atoms with van der Waals surface area (Å²) in [5, 5.41) is 2.72. The fourth-order valence-corrected chi connectivity index (χ4v) is 6.71. The molecule has 0 spiro atoms. The summed E-state index contributed by atoms with van der Waals surface area (Å²) in [4.78, 5) is 12.7. The zero-order valence-corrected chi connectivity index (χ0v) is 22.6. The van der Waals surface area contributed by atoms with Crippen molar-refractivity contribution in [3.05, 3.63) is 77.9 Å². The lowest BCUT2D eigenvalue weighted by Crippen LogP contribution is -2.29. The molecule has 38 heavy (non-hydrogen) atoms. The van der Waals surface area contributed by atoms with Crippen molar-refractivity contribution in [3.63, 3.8) is 0 Å². The molecule has 1 aliphatic rings. The van der Waals surface area contributed by atoms with Crippen molar-refractivity contribution in [1.82, 2.24) is 4.31 Å². The van der Waals surface area contributed by atoms with E-state index in [4.69, 9.17) is 9.47 Å². The highest BCUT2D eigenvalue weighted by Crippen LogP contribution is 2.31. The van der Waals surface area contributed by atoms with Crippen LogP contribution in [0.2, 0.25) is 0 Å². The molecule has 0 aromatic heterocycles. The standard InChI is InChI=1S/C26H29N3O7S2/c1-35-22-11-14-24(25(17-22)36-2)28-38(33,34)23-12-9-21(10-13-23)27-26(30)20-7-5-19(6-8-20)18-37(31,32)29-15-3-4-16-29/h5-14,17,28H,3-4,15-16,18H2,1-2H3,(H,27,30). The van der Waals surface area contributed by atoms with E-state index in [1.165, 1.54) is 48.9 Å². The van der Waals surface area contributed by atoms with Crippen molar-refractivity contribution in [2.24, 2.45) is 0 Å². The lowest BCUT2D eigenvalue weighted by molar-refractivity contribution is 0.102. The molecule has 0 bridgehead atoms. The van der Waals surface area contributed by atoms with Crippen LogP contribution in [0.1, 0.15) is 28.8 Å². The number of nitrogens with one attached hydrogen (secondary N) is 2. The molecule has 1 heterocycles. The zero-order chi connectivity index (χ0) is 27.3. The van der Waals surface area contributed by atoms with Gasteiger partial charge in [-0.05, 0) is 66.9 Å². The Kier molecular flexibility index (Phi) is 8.24. The van der Waals surface area contributed by atoms with Crippen molar-refractivity contribution in [2.75, 3.05) is 37.3 Å². The number of rotatable bonds is 10. The first-order chi connectivity index (χ1) is 18.1. The number of hydrogen-bond acceptors (Lipinski definition) is 7. The molecule has 10 nitrogen and oxygen atoms in total. The Morgan fingerprint density at radius 1 is 0.868 bits per heavy atom. The van der Waals surface area contributed by atoms with Crippen LogP contribution in [0.3, 0.4) is 0 Å². The van der Waals surface area contributed by atoms with Crippen molar-refractivity contribution >= 4 is 37.3 Å². The number of nitrogens with zero attached hydrogens (tertiary/aromatic N) is 1. The SMILES string of the molecule is COc1ccc(NS(=O)(=O)c2ccc(NC(=O)c3ccc(CS(=O)(=O)N4CCCC4)cc3)cc2)c(OC)c1. The van der Waals surface area contributed by atoms with Gasteiger partial charge in [0.25, 0.3) is 15.9 Å². The molecule has 0 unspecified atom stereocenters. The number of benzene rings is 3. The molecule has 3 aromatic rings. The van der Waals surface area contributed by atoms with Crippen LogP contribution < -0.4 is 19.5 Å². The lowest BCUT2D eigenvalue weighted by Gasteiger charge is -2.15. The number of carbonyl (C=O) groups is 1. The van der Waals surface area contributed by atoms with E-state index in [9.17, 15) is 21.6 Å². The molecular formula is C26H29N3O7S2. The van der Waals surface area contributed by atoms with E-state index in [0.717, 1.165) is 12.8 Å². The van der Waals surface area contributed by atoms with Crippen molar-refractivity contribution < 1.29 is 31.1 Å². The van der Waals surface area contributed by atoms with E-state index in [1.54, 1.807) is 36.4 Å². The normalized spacial score (nSPS) is 14.2. The third kappa shape index (κ3) is 6.44. The van der Waals surface area contributed by atoms with Crippen LogP contribution in [0, 0.1) is 0 Å². The van der Waals surface area contributed by atoms with Crippen LogP contribution in [0.15, 0.2) is 71.6 Å². The topological polar surface area (TPSA) is 131 Å². The number of carbonyl (C=O) groups excluding carboxylic acids is 1. The monoisotopic (exact) mass is 559 g/mol. The predicted molar refractivity (Wildman–Crippen MR) is 145 cm³/mol. The number of hydrogen-bond donors (Lipinski definition) is 2. The molecule has 0 radical (unpaired) electrons. The van der Waals surface area contributed by atoms with Crippen molar-refractivity contribution in [2.45, 2.75) is 23.5 Å². The maximum absolute atomic E-state index is 12.9. The summed E-state index contributed by atoms with van der Waals surface area (Å²) in [6, 6.07) is 16.8. The third-order valence-corrected chi connectivity index (χ3v) is 9.33. The first-order valence-electron chi connectivity index (χ1n) is 11.8. The summed E-state index contributed by atoms with van der Waals surface area (Å²) < 4.78 is 65.1. The number of amides is 1. The number of sulfonamides is 2. The minimum absolute atomic E-state index is 0.00284. The van der Waals surface area contributed by atoms with E-state index in [1.807, 2.05) is 0 Å². The Balaban J connectivity index is 1.39. The molecule has 1 fully saturated rings. The van der Waals surface area contributed by atoms with Crippen LogP contribution in [-0.4, -0.2) is 54.4 Å². The maximum atomic E-state index is 12.9. The molecule has 0 aliphatic carbocycles. The average molecular weight is 560 g/mol. The molecule has 12 heteroatoms. The van der Waals surface area contributed by atoms with Crippen molar-refractivity contribution in [3.8, 4) is 11.5 Å². The van der Waals surface area contributed by atoms with Crippen LogP contribution in [0.4, 0.5) is 11.4 Å². The quantitative estimate of drug-likeness (QED) is 0.387. The van der Waals surface area contributed by atoms with Gasteiger partial charge in [-0.1, -0.05) is 12.1 Å². The van der Waals surface area contributed by atoms with Gasteiger partial charge >= 0.3 is 0 Å². The second-order valence-electron chi connectivity index (χ2n) is 8.71. The summed E-state index contributed by atoms with van der Waals surface area (Å²) in [6.07, 6.45) is 1.75. The number of methoxy groups -OCH3 is 2. The van der Waals surface area contributed by atoms with E-state index in [2.05, 4.69) is 10.0 Å². The summed E-state index contributed by atoms with van der Waals surface area (Å²) in [5.74, 6) is 0.306. The van der Waals surface area contributed by atoms with E-state index >= 15 is 0 Å². The van der Waals surface area contributed by atoms with Gasteiger partial charge in [0.05, 0.1) is 30.6 Å². The number of anilines is 2. The van der Waals surface area contributed by atoms with Gasteiger partial charge in [0.2, 0.25) is 10.0 Å². The molecule has 1 aliphatic heterocycles. The maximum Gasteiger partial charge on any atom is 0.262 e. The minimum Gasteiger partial charge on any atom is -0.497 e. The van der Waals surface area contributed by atoms with E-state index < -0.39 is 26.0 Å². The van der Waals surface area contributed by atoms with Gasteiger partial charge < -0.3 is 14.8 Å². The highest BCUT2D eigenvalue weighted by molar-refractivity contribution is 7.92. The van der Waals surface area contributed by atoms with Crippen molar-refractivity contribution in [1.29, 1.82) is 0 Å². The Hall–Kier alpha value is -3.61. The van der Waals surface area contributed by atoms with Crippen LogP contribution in [-0.2, 0) is 25.8 Å². The predicted octanol–water partition coefficient (Wildman–Crippen LogP) is 3.68. The van der Waals surface area contributed by atoms with E-state index in [0.29, 0.717) is 41.4 Å². The van der Waals surface area contributed by atoms with Gasteiger partial charge in [0, 0.05) is 30.4 Å². The van der Waals surface area contributed by atoms with Gasteiger partial charge in [-0.2, -0.15) is 0 Å². The zero-order valence-electron chi connectivity index (χ0n) is 21.0. The molecule has 202 valence electrons. The fourth-order valence-electron chi connectivity index (χ4n) is 4.03. The largest absolute Gasteiger partial charge is 0.497 e. The second-order valence-corrected chi connectivity index (χ2v) is 12.4. The van der Waals surface area contributed by atoms with Crippen LogP contribution in [0.5, 0.6) is 11.5 Å². The fraction of sp³-hybridized carbons (Fsp3) is 0.269. The smallest absolute Gasteiger partial charge is 0.262 e. The Morgan fingerprint density at radius 2 is 1.53 bits per heavy atom. The third-order valence-electron chi connectivity index (χ3n) is 6.10. The molecule has 2 N–H and O–H groups in total. The number of ether oxygens (including phenoxy) is 2. The van der Waals surface area contributed by atoms with Gasteiger partial charge in [-0.25, -0.2) is 21.1 Å². The van der Waals surface area contributed by atoms with Crippen LogP contribution in [0.25, 0.3) is 0 Å². The Labute approximate surface area is 222 Å².